The summed E-state index contributed by atoms with van der Waals surface area (Å²) in [7, 11) is 1.07. The first-order valence-corrected chi connectivity index (χ1v) is 7.33. The molecule has 1 heterocycles. The van der Waals surface area contributed by atoms with Gasteiger partial charge in [-0.2, -0.15) is 13.2 Å². The van der Waals surface area contributed by atoms with E-state index in [9.17, 15) is 22.4 Å². The number of hydrogen-bond donors (Lipinski definition) is 0. The van der Waals surface area contributed by atoms with Crippen LogP contribution in [0.25, 0.3) is 17.3 Å². The minimum Gasteiger partial charge on any atom is -0.464 e. The van der Waals surface area contributed by atoms with Gasteiger partial charge >= 0.3 is 12.1 Å². The minimum atomic E-state index is -4.67. The Morgan fingerprint density at radius 2 is 1.88 bits per heavy atom. The van der Waals surface area contributed by atoms with Crippen LogP contribution in [-0.2, 0) is 10.9 Å². The van der Waals surface area contributed by atoms with Crippen molar-refractivity contribution >= 4 is 35.2 Å². The van der Waals surface area contributed by atoms with E-state index in [0.29, 0.717) is 6.07 Å². The summed E-state index contributed by atoms with van der Waals surface area (Å²) in [5, 5.41) is -0.706. The van der Waals surface area contributed by atoms with E-state index in [1.807, 2.05) is 0 Å². The summed E-state index contributed by atoms with van der Waals surface area (Å²) >= 11 is 11.6. The molecule has 0 N–H and O–H groups in total. The predicted molar refractivity (Wildman–Crippen MR) is 86.1 cm³/mol. The molecule has 1 aromatic carbocycles. The van der Waals surface area contributed by atoms with E-state index in [2.05, 4.69) is 16.3 Å². The van der Waals surface area contributed by atoms with Gasteiger partial charge in [0.05, 0.1) is 22.7 Å². The number of methoxy groups -OCH3 is 1. The first-order valence-electron chi connectivity index (χ1n) is 6.58. The largest absolute Gasteiger partial charge is 0.464 e. The number of carbonyl (C=O) groups is 1. The van der Waals surface area contributed by atoms with Crippen molar-refractivity contribution in [3.8, 4) is 11.3 Å². The molecule has 0 saturated heterocycles. The fourth-order valence-corrected chi connectivity index (χ4v) is 2.55. The molecule has 2 aromatic rings. The van der Waals surface area contributed by atoms with Crippen molar-refractivity contribution in [1.82, 2.24) is 4.98 Å². The topological polar surface area (TPSA) is 39.2 Å². The van der Waals surface area contributed by atoms with Gasteiger partial charge in [-0.3, -0.25) is 0 Å². The average molecular weight is 394 g/mol. The Morgan fingerprint density at radius 3 is 2.40 bits per heavy atom. The molecule has 0 radical (unpaired) electrons. The van der Waals surface area contributed by atoms with E-state index in [0.717, 1.165) is 25.3 Å². The van der Waals surface area contributed by atoms with Gasteiger partial charge in [0.1, 0.15) is 5.69 Å². The quantitative estimate of drug-likeness (QED) is 0.500. The Hall–Kier alpha value is -2.12. The number of pyridine rings is 1. The second-order valence-corrected chi connectivity index (χ2v) is 5.58. The zero-order chi connectivity index (χ0) is 18.9. The van der Waals surface area contributed by atoms with Crippen molar-refractivity contribution in [2.24, 2.45) is 0 Å². The molecule has 0 aliphatic rings. The van der Waals surface area contributed by atoms with Crippen molar-refractivity contribution in [2.75, 3.05) is 7.11 Å². The van der Waals surface area contributed by atoms with Gasteiger partial charge in [0.2, 0.25) is 0 Å². The summed E-state index contributed by atoms with van der Waals surface area (Å²) in [4.78, 5) is 15.4. The Kier molecular flexibility index (Phi) is 5.39. The van der Waals surface area contributed by atoms with Crippen molar-refractivity contribution in [2.45, 2.75) is 6.18 Å². The number of hydrogen-bond acceptors (Lipinski definition) is 3. The number of benzene rings is 1. The molecule has 132 valence electrons. The van der Waals surface area contributed by atoms with Gasteiger partial charge in [0.25, 0.3) is 0 Å². The molecule has 0 bridgehead atoms. The number of halogens is 6. The Balaban J connectivity index is 2.75. The molecular weight excluding hydrogens is 385 g/mol. The third-order valence-electron chi connectivity index (χ3n) is 3.23. The SMILES string of the molecule is C=Cc1cc(-c2nc(C(=O)OC)c(Cl)cc2F)c(Cl)cc1C(F)(F)F. The highest BCUT2D eigenvalue weighted by Gasteiger charge is 2.34. The highest BCUT2D eigenvalue weighted by atomic mass is 35.5. The summed E-state index contributed by atoms with van der Waals surface area (Å²) in [6, 6.07) is 2.43. The number of alkyl halides is 3. The monoisotopic (exact) mass is 393 g/mol. The first-order chi connectivity index (χ1) is 11.6. The zero-order valence-electron chi connectivity index (χ0n) is 12.5. The summed E-state index contributed by atoms with van der Waals surface area (Å²) in [6.45, 7) is 3.31. The van der Waals surface area contributed by atoms with E-state index in [4.69, 9.17) is 23.2 Å². The number of ether oxygens (including phenoxy) is 1. The number of rotatable bonds is 3. The molecule has 0 aliphatic heterocycles. The van der Waals surface area contributed by atoms with Gasteiger partial charge in [0, 0.05) is 5.56 Å². The van der Waals surface area contributed by atoms with Crippen LogP contribution < -0.4 is 0 Å². The highest BCUT2D eigenvalue weighted by molar-refractivity contribution is 6.34. The van der Waals surface area contributed by atoms with Crippen LogP contribution in [0.15, 0.2) is 24.8 Å². The van der Waals surface area contributed by atoms with Crippen molar-refractivity contribution < 1.29 is 27.1 Å². The molecule has 1 aromatic heterocycles. The lowest BCUT2D eigenvalue weighted by Gasteiger charge is -2.14. The summed E-state index contributed by atoms with van der Waals surface area (Å²) < 4.78 is 57.8. The third kappa shape index (κ3) is 3.77. The highest BCUT2D eigenvalue weighted by Crippen LogP contribution is 2.39. The average Bonchev–Trinajstić information content (AvgIpc) is 2.53. The van der Waals surface area contributed by atoms with Gasteiger partial charge < -0.3 is 4.74 Å². The van der Waals surface area contributed by atoms with Crippen LogP contribution in [0.5, 0.6) is 0 Å². The van der Waals surface area contributed by atoms with Gasteiger partial charge in [-0.15, -0.1) is 0 Å². The Labute approximate surface area is 149 Å². The Morgan fingerprint density at radius 1 is 1.24 bits per heavy atom. The van der Waals surface area contributed by atoms with Crippen LogP contribution in [0.3, 0.4) is 0 Å². The number of nitrogens with zero attached hydrogens (tertiary/aromatic N) is 1. The lowest BCUT2D eigenvalue weighted by atomic mass is 10.0. The number of aromatic nitrogens is 1. The summed E-state index contributed by atoms with van der Waals surface area (Å²) in [5.41, 5.74) is -2.33. The summed E-state index contributed by atoms with van der Waals surface area (Å²) in [6.07, 6.45) is -3.72. The molecule has 25 heavy (non-hydrogen) atoms. The third-order valence-corrected chi connectivity index (χ3v) is 3.83. The zero-order valence-corrected chi connectivity index (χ0v) is 14.1. The standard InChI is InChI=1S/C16H9Cl2F4NO2/c1-3-7-4-8(10(17)5-9(7)16(20,21)22)13-12(19)6-11(18)14(23-13)15(24)25-2/h3-6H,1H2,2H3. The normalized spacial score (nSPS) is 11.3. The van der Waals surface area contributed by atoms with Crippen molar-refractivity contribution in [1.29, 1.82) is 0 Å². The molecule has 0 aliphatic carbocycles. The molecule has 3 nitrogen and oxygen atoms in total. The lowest BCUT2D eigenvalue weighted by molar-refractivity contribution is -0.137. The van der Waals surface area contributed by atoms with Gasteiger partial charge in [-0.1, -0.05) is 35.9 Å². The van der Waals surface area contributed by atoms with Crippen LogP contribution in [0, 0.1) is 5.82 Å². The van der Waals surface area contributed by atoms with Crippen LogP contribution in [-0.4, -0.2) is 18.1 Å². The predicted octanol–water partition coefficient (Wildman–Crippen LogP) is 5.64. The maximum Gasteiger partial charge on any atom is 0.417 e. The van der Waals surface area contributed by atoms with E-state index >= 15 is 0 Å². The number of carbonyl (C=O) groups excluding carboxylic acids is 1. The fourth-order valence-electron chi connectivity index (χ4n) is 2.08. The van der Waals surface area contributed by atoms with Crippen LogP contribution in [0.2, 0.25) is 10.0 Å². The molecule has 0 fully saturated rings. The lowest BCUT2D eigenvalue weighted by Crippen LogP contribution is -2.09. The second kappa shape index (κ2) is 7.01. The van der Waals surface area contributed by atoms with Crippen molar-refractivity contribution in [3.05, 3.63) is 57.5 Å². The minimum absolute atomic E-state index is 0.149. The van der Waals surface area contributed by atoms with Gasteiger partial charge in [0.15, 0.2) is 11.5 Å². The molecule has 0 atom stereocenters. The van der Waals surface area contributed by atoms with Crippen LogP contribution in [0.4, 0.5) is 17.6 Å². The van der Waals surface area contributed by atoms with E-state index in [1.165, 1.54) is 0 Å². The molecule has 0 spiro atoms. The molecule has 2 rings (SSSR count). The van der Waals surface area contributed by atoms with Crippen LogP contribution >= 0.6 is 23.2 Å². The maximum absolute atomic E-state index is 14.2. The van der Waals surface area contributed by atoms with E-state index in [-0.39, 0.29) is 16.1 Å². The molecular formula is C16H9Cl2F4NO2. The van der Waals surface area contributed by atoms with Gasteiger partial charge in [-0.05, 0) is 23.8 Å². The smallest absolute Gasteiger partial charge is 0.417 e. The summed E-state index contributed by atoms with van der Waals surface area (Å²) in [5.74, 6) is -1.90. The fraction of sp³-hybridized carbons (Fsp3) is 0.125. The van der Waals surface area contributed by atoms with Crippen molar-refractivity contribution in [3.63, 3.8) is 0 Å². The maximum atomic E-state index is 14.2. The molecule has 0 amide bonds. The second-order valence-electron chi connectivity index (χ2n) is 4.76. The number of esters is 1. The molecule has 0 saturated carbocycles. The Bertz CT molecular complexity index is 866. The van der Waals surface area contributed by atoms with Crippen LogP contribution in [0.1, 0.15) is 21.6 Å². The first kappa shape index (κ1) is 19.2. The van der Waals surface area contributed by atoms with E-state index < -0.39 is 39.9 Å². The molecule has 9 heteroatoms. The molecule has 0 unspecified atom stereocenters. The van der Waals surface area contributed by atoms with Gasteiger partial charge in [-0.25, -0.2) is 14.2 Å². The van der Waals surface area contributed by atoms with E-state index in [1.54, 1.807) is 0 Å².